The first-order chi connectivity index (χ1) is 8.72. The Morgan fingerprint density at radius 3 is 3.00 bits per heavy atom. The molecule has 1 N–H and O–H groups in total. The van der Waals surface area contributed by atoms with Gasteiger partial charge < -0.3 is 4.74 Å². The van der Waals surface area contributed by atoms with Crippen molar-refractivity contribution in [1.29, 1.82) is 0 Å². The van der Waals surface area contributed by atoms with Gasteiger partial charge in [-0.1, -0.05) is 6.07 Å². The summed E-state index contributed by atoms with van der Waals surface area (Å²) in [6, 6.07) is 8.20. The highest BCUT2D eigenvalue weighted by Crippen LogP contribution is 2.29. The third-order valence-electron chi connectivity index (χ3n) is 3.01. The predicted octanol–water partition coefficient (Wildman–Crippen LogP) is 3.91. The van der Waals surface area contributed by atoms with Crippen LogP contribution in [0.4, 0.5) is 10.5 Å². The minimum absolute atomic E-state index is 0.0935. The molecule has 1 aliphatic rings. The van der Waals surface area contributed by atoms with Gasteiger partial charge in [0.25, 0.3) is 0 Å². The van der Waals surface area contributed by atoms with E-state index in [-0.39, 0.29) is 12.2 Å². The van der Waals surface area contributed by atoms with Gasteiger partial charge in [0.15, 0.2) is 0 Å². The topological polar surface area (TPSA) is 38.3 Å². The smallest absolute Gasteiger partial charge is 0.411 e. The molecule has 1 aromatic heterocycles. The Bertz CT molecular complexity index is 577. The van der Waals surface area contributed by atoms with E-state index in [2.05, 4.69) is 28.2 Å². The maximum atomic E-state index is 11.4. The van der Waals surface area contributed by atoms with E-state index >= 15 is 0 Å². The fraction of sp³-hybridized carbons (Fsp3) is 0.214. The second-order valence-electron chi connectivity index (χ2n) is 4.43. The summed E-state index contributed by atoms with van der Waals surface area (Å²) in [4.78, 5) is 11.4. The molecule has 4 heteroatoms. The lowest BCUT2D eigenvalue weighted by molar-refractivity contribution is 0.123. The van der Waals surface area contributed by atoms with E-state index in [1.807, 2.05) is 19.1 Å². The molecule has 18 heavy (non-hydrogen) atoms. The molecule has 0 fully saturated rings. The lowest BCUT2D eigenvalue weighted by Crippen LogP contribution is -2.17. The average molecular weight is 259 g/mol. The van der Waals surface area contributed by atoms with Crippen LogP contribution in [0.25, 0.3) is 11.1 Å². The maximum Gasteiger partial charge on any atom is 0.411 e. The van der Waals surface area contributed by atoms with Crippen LogP contribution in [-0.4, -0.2) is 12.2 Å². The van der Waals surface area contributed by atoms with E-state index in [4.69, 9.17) is 4.74 Å². The van der Waals surface area contributed by atoms with Gasteiger partial charge >= 0.3 is 6.09 Å². The lowest BCUT2D eigenvalue weighted by atomic mass is 10.0. The molecule has 2 heterocycles. The predicted molar refractivity (Wildman–Crippen MR) is 73.0 cm³/mol. The molecule has 3 rings (SSSR count). The lowest BCUT2D eigenvalue weighted by Gasteiger charge is -2.08. The Kier molecular flexibility index (Phi) is 2.80. The first-order valence-corrected chi connectivity index (χ1v) is 6.80. The zero-order valence-corrected chi connectivity index (χ0v) is 10.8. The molecule has 0 saturated heterocycles. The summed E-state index contributed by atoms with van der Waals surface area (Å²) < 4.78 is 5.18. The van der Waals surface area contributed by atoms with E-state index in [0.717, 1.165) is 17.7 Å². The Balaban J connectivity index is 2.02. The van der Waals surface area contributed by atoms with Crippen molar-refractivity contribution in [3.05, 3.63) is 40.6 Å². The van der Waals surface area contributed by atoms with Crippen molar-refractivity contribution in [2.75, 3.05) is 5.32 Å². The third kappa shape index (κ3) is 2.11. The Labute approximate surface area is 109 Å². The first kappa shape index (κ1) is 11.3. The number of anilines is 1. The van der Waals surface area contributed by atoms with E-state index in [1.54, 1.807) is 11.3 Å². The van der Waals surface area contributed by atoms with Crippen molar-refractivity contribution < 1.29 is 9.53 Å². The van der Waals surface area contributed by atoms with E-state index < -0.39 is 0 Å². The summed E-state index contributed by atoms with van der Waals surface area (Å²) in [6.45, 7) is 1.91. The zero-order valence-electron chi connectivity index (χ0n) is 9.97. The largest absolute Gasteiger partial charge is 0.446 e. The number of benzene rings is 1. The van der Waals surface area contributed by atoms with Crippen molar-refractivity contribution in [2.24, 2.45) is 0 Å². The fourth-order valence-electron chi connectivity index (χ4n) is 2.17. The van der Waals surface area contributed by atoms with Gasteiger partial charge in [-0.05, 0) is 52.6 Å². The van der Waals surface area contributed by atoms with Crippen LogP contribution >= 0.6 is 11.3 Å². The molecule has 0 radical (unpaired) electrons. The normalized spacial score (nSPS) is 18.5. The Hall–Kier alpha value is -1.81. The van der Waals surface area contributed by atoms with Crippen LogP contribution in [0.1, 0.15) is 12.5 Å². The number of ether oxygens (including phenoxy) is 1. The van der Waals surface area contributed by atoms with Gasteiger partial charge in [0.2, 0.25) is 0 Å². The molecule has 0 spiro atoms. The van der Waals surface area contributed by atoms with Crippen molar-refractivity contribution in [3.8, 4) is 11.1 Å². The van der Waals surface area contributed by atoms with Crippen molar-refractivity contribution >= 4 is 23.1 Å². The van der Waals surface area contributed by atoms with Crippen LogP contribution in [-0.2, 0) is 11.2 Å². The molecule has 1 aliphatic heterocycles. The number of nitrogens with one attached hydrogen (secondary N) is 1. The molecule has 2 aromatic rings. The Morgan fingerprint density at radius 2 is 2.22 bits per heavy atom. The minimum atomic E-state index is -0.371. The molecular weight excluding hydrogens is 246 g/mol. The van der Waals surface area contributed by atoms with Gasteiger partial charge in [0.05, 0.1) is 0 Å². The van der Waals surface area contributed by atoms with Crippen molar-refractivity contribution in [1.82, 2.24) is 0 Å². The van der Waals surface area contributed by atoms with Crippen molar-refractivity contribution in [2.45, 2.75) is 19.4 Å². The average Bonchev–Trinajstić information content (AvgIpc) is 2.80. The van der Waals surface area contributed by atoms with E-state index in [1.165, 1.54) is 11.1 Å². The van der Waals surface area contributed by atoms with Crippen molar-refractivity contribution in [3.63, 3.8) is 0 Å². The number of thiophene rings is 1. The summed E-state index contributed by atoms with van der Waals surface area (Å²) in [6.07, 6.45) is 0.278. The van der Waals surface area contributed by atoms with Gasteiger partial charge in [-0.25, -0.2) is 4.79 Å². The fourth-order valence-corrected chi connectivity index (χ4v) is 2.83. The molecule has 0 saturated carbocycles. The summed E-state index contributed by atoms with van der Waals surface area (Å²) in [5, 5.41) is 6.95. The number of hydrogen-bond donors (Lipinski definition) is 1. The van der Waals surface area contributed by atoms with Gasteiger partial charge in [0, 0.05) is 12.1 Å². The number of amides is 1. The molecule has 0 bridgehead atoms. The number of hydrogen-bond acceptors (Lipinski definition) is 3. The quantitative estimate of drug-likeness (QED) is 0.843. The zero-order chi connectivity index (χ0) is 12.5. The number of carbonyl (C=O) groups excluding carboxylic acids is 1. The number of fused-ring (bicyclic) bond motifs is 1. The first-order valence-electron chi connectivity index (χ1n) is 5.85. The second-order valence-corrected chi connectivity index (χ2v) is 5.21. The SMILES string of the molecule is CC1Cc2cc(-c3ccsc3)ccc2NC(=O)O1. The molecule has 1 unspecified atom stereocenters. The molecule has 0 aliphatic carbocycles. The maximum absolute atomic E-state index is 11.4. The van der Waals surface area contributed by atoms with E-state index in [0.29, 0.717) is 0 Å². The molecule has 1 aromatic carbocycles. The van der Waals surface area contributed by atoms with Gasteiger partial charge in [0.1, 0.15) is 6.10 Å². The van der Waals surface area contributed by atoms with Crippen LogP contribution in [0, 0.1) is 0 Å². The van der Waals surface area contributed by atoms with Gasteiger partial charge in [-0.2, -0.15) is 11.3 Å². The summed E-state index contributed by atoms with van der Waals surface area (Å²) in [5.74, 6) is 0. The number of rotatable bonds is 1. The van der Waals surface area contributed by atoms with Crippen LogP contribution in [0.5, 0.6) is 0 Å². The van der Waals surface area contributed by atoms with Gasteiger partial charge in [-0.3, -0.25) is 5.32 Å². The molecule has 1 amide bonds. The standard InChI is InChI=1S/C14H13NO2S/c1-9-6-12-7-10(11-4-5-18-8-11)2-3-13(12)15-14(16)17-9/h2-5,7-9H,6H2,1H3,(H,15,16). The summed E-state index contributed by atoms with van der Waals surface area (Å²) in [7, 11) is 0. The van der Waals surface area contributed by atoms with Crippen LogP contribution in [0.2, 0.25) is 0 Å². The Morgan fingerprint density at radius 1 is 1.33 bits per heavy atom. The molecule has 92 valence electrons. The highest BCUT2D eigenvalue weighted by Gasteiger charge is 2.19. The summed E-state index contributed by atoms with van der Waals surface area (Å²) >= 11 is 1.68. The third-order valence-corrected chi connectivity index (χ3v) is 3.70. The summed E-state index contributed by atoms with van der Waals surface area (Å²) in [5.41, 5.74) is 4.37. The number of cyclic esters (lactones) is 1. The minimum Gasteiger partial charge on any atom is -0.446 e. The molecular formula is C14H13NO2S. The molecule has 3 nitrogen and oxygen atoms in total. The van der Waals surface area contributed by atoms with Crippen LogP contribution in [0.15, 0.2) is 35.0 Å². The monoisotopic (exact) mass is 259 g/mol. The highest BCUT2D eigenvalue weighted by atomic mass is 32.1. The van der Waals surface area contributed by atoms with Gasteiger partial charge in [-0.15, -0.1) is 0 Å². The van der Waals surface area contributed by atoms with Crippen LogP contribution in [0.3, 0.4) is 0 Å². The molecule has 1 atom stereocenters. The highest BCUT2D eigenvalue weighted by molar-refractivity contribution is 7.08. The second kappa shape index (κ2) is 4.46. The number of carbonyl (C=O) groups is 1. The van der Waals surface area contributed by atoms with E-state index in [9.17, 15) is 4.79 Å². The van der Waals surface area contributed by atoms with Crippen LogP contribution < -0.4 is 5.32 Å².